The highest BCUT2D eigenvalue weighted by atomic mass is 16.5. The van der Waals surface area contributed by atoms with Crippen LogP contribution < -0.4 is 5.32 Å². The Labute approximate surface area is 92.5 Å². The van der Waals surface area contributed by atoms with Gasteiger partial charge in [-0.15, -0.1) is 0 Å². The zero-order valence-electron chi connectivity index (χ0n) is 9.92. The fourth-order valence-electron chi connectivity index (χ4n) is 2.51. The Hall–Kier alpha value is -0.120. The molecule has 88 valence electrons. The molecule has 0 saturated carbocycles. The first-order chi connectivity index (χ1) is 7.16. The summed E-state index contributed by atoms with van der Waals surface area (Å²) in [6, 6.07) is 0.609. The minimum Gasteiger partial charge on any atom is -0.377 e. The summed E-state index contributed by atoms with van der Waals surface area (Å²) in [6.07, 6.45) is 5.15. The van der Waals surface area contributed by atoms with Gasteiger partial charge in [0, 0.05) is 25.8 Å². The summed E-state index contributed by atoms with van der Waals surface area (Å²) in [4.78, 5) is 0. The van der Waals surface area contributed by atoms with Gasteiger partial charge < -0.3 is 14.8 Å². The number of hydrogen-bond acceptors (Lipinski definition) is 3. The molecule has 2 rings (SSSR count). The van der Waals surface area contributed by atoms with Crippen molar-refractivity contribution in [2.75, 3.05) is 19.8 Å². The van der Waals surface area contributed by atoms with E-state index in [0.29, 0.717) is 12.1 Å². The second kappa shape index (κ2) is 4.81. The molecule has 3 heteroatoms. The van der Waals surface area contributed by atoms with Gasteiger partial charge >= 0.3 is 0 Å². The van der Waals surface area contributed by atoms with Crippen LogP contribution in [0.3, 0.4) is 0 Å². The molecule has 0 spiro atoms. The summed E-state index contributed by atoms with van der Waals surface area (Å²) in [5, 5.41) is 3.61. The van der Waals surface area contributed by atoms with Crippen LogP contribution in [0.15, 0.2) is 0 Å². The minimum atomic E-state index is 0.0481. The van der Waals surface area contributed by atoms with Gasteiger partial charge in [-0.2, -0.15) is 0 Å². The topological polar surface area (TPSA) is 30.5 Å². The molecule has 1 N–H and O–H groups in total. The van der Waals surface area contributed by atoms with E-state index in [0.717, 1.165) is 32.6 Å². The van der Waals surface area contributed by atoms with E-state index in [1.165, 1.54) is 12.8 Å². The fourth-order valence-corrected chi connectivity index (χ4v) is 2.51. The maximum Gasteiger partial charge on any atom is 0.0700 e. The lowest BCUT2D eigenvalue weighted by Gasteiger charge is -2.36. The zero-order valence-corrected chi connectivity index (χ0v) is 9.92. The smallest absolute Gasteiger partial charge is 0.0700 e. The van der Waals surface area contributed by atoms with Crippen molar-refractivity contribution in [1.29, 1.82) is 0 Å². The zero-order chi connectivity index (χ0) is 10.7. The van der Waals surface area contributed by atoms with Crippen molar-refractivity contribution in [2.45, 2.75) is 57.3 Å². The highest BCUT2D eigenvalue weighted by molar-refractivity contribution is 4.83. The summed E-state index contributed by atoms with van der Waals surface area (Å²) in [6.45, 7) is 7.20. The standard InChI is InChI=1S/C12H23NO2/c1-12(2)8-10(5-7-15-12)13-9-11-4-3-6-14-11/h10-11,13H,3-9H2,1-2H3. The molecule has 0 aromatic carbocycles. The number of hydrogen-bond donors (Lipinski definition) is 1. The van der Waals surface area contributed by atoms with Crippen LogP contribution in [0.4, 0.5) is 0 Å². The summed E-state index contributed by atoms with van der Waals surface area (Å²) >= 11 is 0. The average Bonchev–Trinajstić information content (AvgIpc) is 2.65. The first-order valence-corrected chi connectivity index (χ1v) is 6.15. The summed E-state index contributed by atoms with van der Waals surface area (Å²) < 4.78 is 11.3. The van der Waals surface area contributed by atoms with Gasteiger partial charge in [0.1, 0.15) is 0 Å². The third-order valence-electron chi connectivity index (χ3n) is 3.36. The number of nitrogens with one attached hydrogen (secondary N) is 1. The molecule has 0 amide bonds. The quantitative estimate of drug-likeness (QED) is 0.774. The largest absolute Gasteiger partial charge is 0.377 e. The van der Waals surface area contributed by atoms with Crippen molar-refractivity contribution >= 4 is 0 Å². The molecule has 2 unspecified atom stereocenters. The molecular weight excluding hydrogens is 190 g/mol. The second-order valence-electron chi connectivity index (χ2n) is 5.34. The van der Waals surface area contributed by atoms with Crippen molar-refractivity contribution in [3.05, 3.63) is 0 Å². The Balaban J connectivity index is 1.69. The molecule has 2 heterocycles. The van der Waals surface area contributed by atoms with Crippen molar-refractivity contribution in [3.8, 4) is 0 Å². The lowest BCUT2D eigenvalue weighted by Crippen LogP contribution is -2.45. The Morgan fingerprint density at radius 1 is 1.27 bits per heavy atom. The van der Waals surface area contributed by atoms with Gasteiger partial charge in [0.05, 0.1) is 11.7 Å². The van der Waals surface area contributed by atoms with Crippen LogP contribution >= 0.6 is 0 Å². The molecule has 0 aliphatic carbocycles. The van der Waals surface area contributed by atoms with Gasteiger partial charge in [0.25, 0.3) is 0 Å². The van der Waals surface area contributed by atoms with Crippen LogP contribution in [0.5, 0.6) is 0 Å². The van der Waals surface area contributed by atoms with E-state index in [2.05, 4.69) is 19.2 Å². The molecule has 2 aliphatic rings. The molecule has 3 nitrogen and oxygen atoms in total. The van der Waals surface area contributed by atoms with E-state index in [1.54, 1.807) is 0 Å². The molecule has 2 aliphatic heterocycles. The van der Waals surface area contributed by atoms with Crippen molar-refractivity contribution < 1.29 is 9.47 Å². The van der Waals surface area contributed by atoms with Gasteiger partial charge in [0.2, 0.25) is 0 Å². The number of rotatable bonds is 3. The van der Waals surface area contributed by atoms with E-state index in [9.17, 15) is 0 Å². The average molecular weight is 213 g/mol. The Kier molecular flexibility index (Phi) is 3.65. The molecule has 2 fully saturated rings. The lowest BCUT2D eigenvalue weighted by atomic mass is 9.94. The second-order valence-corrected chi connectivity index (χ2v) is 5.34. The van der Waals surface area contributed by atoms with Crippen LogP contribution in [0.2, 0.25) is 0 Å². The van der Waals surface area contributed by atoms with Gasteiger partial charge in [-0.1, -0.05) is 0 Å². The number of ether oxygens (including phenoxy) is 2. The molecule has 2 atom stereocenters. The molecule has 15 heavy (non-hydrogen) atoms. The predicted molar refractivity (Wildman–Crippen MR) is 60.0 cm³/mol. The maximum atomic E-state index is 5.70. The lowest BCUT2D eigenvalue weighted by molar-refractivity contribution is -0.0640. The highest BCUT2D eigenvalue weighted by Gasteiger charge is 2.29. The monoisotopic (exact) mass is 213 g/mol. The van der Waals surface area contributed by atoms with Crippen LogP contribution in [0.25, 0.3) is 0 Å². The van der Waals surface area contributed by atoms with Gasteiger partial charge in [-0.05, 0) is 39.5 Å². The van der Waals surface area contributed by atoms with Crippen molar-refractivity contribution in [3.63, 3.8) is 0 Å². The van der Waals surface area contributed by atoms with E-state index < -0.39 is 0 Å². The van der Waals surface area contributed by atoms with E-state index in [1.807, 2.05) is 0 Å². The Bertz CT molecular complexity index is 200. The first-order valence-electron chi connectivity index (χ1n) is 6.15. The third kappa shape index (κ3) is 3.44. The van der Waals surface area contributed by atoms with Crippen LogP contribution in [-0.2, 0) is 9.47 Å². The summed E-state index contributed by atoms with van der Waals surface area (Å²) in [7, 11) is 0. The third-order valence-corrected chi connectivity index (χ3v) is 3.36. The van der Waals surface area contributed by atoms with E-state index >= 15 is 0 Å². The van der Waals surface area contributed by atoms with Crippen LogP contribution in [0.1, 0.15) is 39.5 Å². The van der Waals surface area contributed by atoms with Crippen LogP contribution in [0, 0.1) is 0 Å². The predicted octanol–water partition coefficient (Wildman–Crippen LogP) is 1.71. The normalized spacial score (nSPS) is 35.6. The molecule has 2 saturated heterocycles. The van der Waals surface area contributed by atoms with Gasteiger partial charge in [-0.3, -0.25) is 0 Å². The van der Waals surface area contributed by atoms with Crippen molar-refractivity contribution in [2.24, 2.45) is 0 Å². The van der Waals surface area contributed by atoms with E-state index in [-0.39, 0.29) is 5.60 Å². The minimum absolute atomic E-state index is 0.0481. The molecule has 0 aromatic rings. The maximum absolute atomic E-state index is 5.70. The summed E-state index contributed by atoms with van der Waals surface area (Å²) in [5.41, 5.74) is 0.0481. The fraction of sp³-hybridized carbons (Fsp3) is 1.00. The molecule has 0 bridgehead atoms. The van der Waals surface area contributed by atoms with Gasteiger partial charge in [0.15, 0.2) is 0 Å². The molecule has 0 radical (unpaired) electrons. The van der Waals surface area contributed by atoms with Crippen LogP contribution in [-0.4, -0.2) is 37.5 Å². The van der Waals surface area contributed by atoms with Crippen molar-refractivity contribution in [1.82, 2.24) is 5.32 Å². The Morgan fingerprint density at radius 2 is 2.13 bits per heavy atom. The summed E-state index contributed by atoms with van der Waals surface area (Å²) in [5.74, 6) is 0. The first kappa shape index (κ1) is 11.4. The van der Waals surface area contributed by atoms with Gasteiger partial charge in [-0.25, -0.2) is 0 Å². The molecule has 0 aromatic heterocycles. The Morgan fingerprint density at radius 3 is 2.80 bits per heavy atom. The highest BCUT2D eigenvalue weighted by Crippen LogP contribution is 2.24. The van der Waals surface area contributed by atoms with E-state index in [4.69, 9.17) is 9.47 Å². The SMILES string of the molecule is CC1(C)CC(NCC2CCCO2)CCO1. The molecular formula is C12H23NO2.